The number of aliphatic carboxylic acids is 1. The molecule has 118 valence electrons. The second-order valence-corrected chi connectivity index (χ2v) is 7.24. The van der Waals surface area contributed by atoms with Crippen LogP contribution in [0.5, 0.6) is 0 Å². The Bertz CT molecular complexity index is 580. The fraction of sp³-hybridized carbons (Fsp3) is 0.533. The third-order valence-corrected chi connectivity index (χ3v) is 5.73. The first-order valence-corrected chi connectivity index (χ1v) is 8.60. The van der Waals surface area contributed by atoms with Gasteiger partial charge in [0.15, 0.2) is 9.84 Å². The van der Waals surface area contributed by atoms with Gasteiger partial charge in [-0.15, -0.1) is 0 Å². The van der Waals surface area contributed by atoms with Crippen molar-refractivity contribution in [2.75, 3.05) is 13.6 Å². The number of hydrogen-bond acceptors (Lipinski definition) is 4. The fourth-order valence-corrected chi connectivity index (χ4v) is 4.15. The Labute approximate surface area is 126 Å². The minimum absolute atomic E-state index is 0.141. The van der Waals surface area contributed by atoms with Crippen LogP contribution in [0.15, 0.2) is 29.2 Å². The molecule has 1 fully saturated rings. The molecule has 1 aliphatic rings. The molecule has 0 amide bonds. The van der Waals surface area contributed by atoms with Crippen molar-refractivity contribution in [3.8, 4) is 0 Å². The fourth-order valence-electron chi connectivity index (χ4n) is 2.39. The highest BCUT2D eigenvalue weighted by molar-refractivity contribution is 7.92. The van der Waals surface area contributed by atoms with Gasteiger partial charge in [0, 0.05) is 6.54 Å². The summed E-state index contributed by atoms with van der Waals surface area (Å²) in [5, 5.41) is 8.39. The monoisotopic (exact) mass is 313 g/mol. The molecule has 1 aromatic rings. The van der Waals surface area contributed by atoms with Crippen LogP contribution in [0, 0.1) is 6.92 Å². The molecule has 1 aromatic carbocycles. The lowest BCUT2D eigenvalue weighted by molar-refractivity contribution is -0.141. The van der Waals surface area contributed by atoms with Crippen LogP contribution < -0.4 is 0 Å². The number of carboxylic acid groups (broad SMARTS) is 1. The molecule has 6 heteroatoms. The highest BCUT2D eigenvalue weighted by Crippen LogP contribution is 2.27. The SMILES string of the molecule is CC.Cc1ccc(S(=O)(=O)[C@@H]2C[C@@H](C(=O)O)N(C)C2)cc1. The topological polar surface area (TPSA) is 74.7 Å². The van der Waals surface area contributed by atoms with Gasteiger partial charge in [0.25, 0.3) is 0 Å². The maximum atomic E-state index is 12.4. The number of hydrogen-bond donors (Lipinski definition) is 1. The van der Waals surface area contributed by atoms with Gasteiger partial charge in [-0.1, -0.05) is 31.5 Å². The highest BCUT2D eigenvalue weighted by atomic mass is 32.2. The highest BCUT2D eigenvalue weighted by Gasteiger charge is 2.41. The molecule has 0 aliphatic carbocycles. The number of aryl methyl sites for hydroxylation is 1. The molecular weight excluding hydrogens is 290 g/mol. The van der Waals surface area contributed by atoms with E-state index in [1.165, 1.54) is 0 Å². The number of nitrogens with zero attached hydrogens (tertiary/aromatic N) is 1. The van der Waals surface area contributed by atoms with Gasteiger partial charge in [-0.3, -0.25) is 9.69 Å². The molecule has 0 saturated carbocycles. The van der Waals surface area contributed by atoms with Gasteiger partial charge in [0.2, 0.25) is 0 Å². The average molecular weight is 313 g/mol. The van der Waals surface area contributed by atoms with Crippen molar-refractivity contribution in [3.05, 3.63) is 29.8 Å². The van der Waals surface area contributed by atoms with Gasteiger partial charge in [0.1, 0.15) is 6.04 Å². The van der Waals surface area contributed by atoms with E-state index in [2.05, 4.69) is 0 Å². The Morgan fingerprint density at radius 3 is 2.19 bits per heavy atom. The van der Waals surface area contributed by atoms with Gasteiger partial charge < -0.3 is 5.11 Å². The Balaban J connectivity index is 0.00000106. The third kappa shape index (κ3) is 3.83. The number of likely N-dealkylation sites (N-methyl/N-ethyl adjacent to an activating group) is 1. The van der Waals surface area contributed by atoms with Gasteiger partial charge in [-0.25, -0.2) is 8.42 Å². The van der Waals surface area contributed by atoms with E-state index in [1.54, 1.807) is 36.2 Å². The molecule has 2 rings (SSSR count). The number of sulfone groups is 1. The Morgan fingerprint density at radius 1 is 1.24 bits per heavy atom. The molecule has 0 radical (unpaired) electrons. The molecule has 0 bridgehead atoms. The van der Waals surface area contributed by atoms with E-state index in [1.807, 2.05) is 20.8 Å². The molecular formula is C15H23NO4S. The van der Waals surface area contributed by atoms with E-state index in [0.717, 1.165) is 5.56 Å². The van der Waals surface area contributed by atoms with E-state index in [9.17, 15) is 13.2 Å². The van der Waals surface area contributed by atoms with Gasteiger partial charge >= 0.3 is 5.97 Å². The van der Waals surface area contributed by atoms with Crippen LogP contribution in [0.4, 0.5) is 0 Å². The number of rotatable bonds is 3. The van der Waals surface area contributed by atoms with Crippen molar-refractivity contribution >= 4 is 15.8 Å². The number of likely N-dealkylation sites (tertiary alicyclic amines) is 1. The largest absolute Gasteiger partial charge is 0.480 e. The first kappa shape index (κ1) is 17.7. The van der Waals surface area contributed by atoms with Crippen LogP contribution >= 0.6 is 0 Å². The smallest absolute Gasteiger partial charge is 0.320 e. The van der Waals surface area contributed by atoms with Gasteiger partial charge in [0.05, 0.1) is 10.1 Å². The first-order chi connectivity index (χ1) is 9.82. The molecule has 21 heavy (non-hydrogen) atoms. The van der Waals surface area contributed by atoms with Crippen LogP contribution in [-0.2, 0) is 14.6 Å². The van der Waals surface area contributed by atoms with Gasteiger partial charge in [-0.2, -0.15) is 0 Å². The maximum absolute atomic E-state index is 12.4. The van der Waals surface area contributed by atoms with Crippen LogP contribution in [-0.4, -0.2) is 49.3 Å². The maximum Gasteiger partial charge on any atom is 0.320 e. The van der Waals surface area contributed by atoms with E-state index in [-0.39, 0.29) is 17.9 Å². The van der Waals surface area contributed by atoms with Crippen molar-refractivity contribution < 1.29 is 18.3 Å². The molecule has 0 aromatic heterocycles. The molecule has 1 heterocycles. The molecule has 1 N–H and O–H groups in total. The van der Waals surface area contributed by atoms with Crippen LogP contribution in [0.3, 0.4) is 0 Å². The van der Waals surface area contributed by atoms with E-state index < -0.39 is 27.1 Å². The normalized spacial score (nSPS) is 22.5. The van der Waals surface area contributed by atoms with Crippen molar-refractivity contribution in [2.45, 2.75) is 43.4 Å². The first-order valence-electron chi connectivity index (χ1n) is 7.06. The summed E-state index contributed by atoms with van der Waals surface area (Å²) in [6.07, 6.45) is 0.141. The zero-order valence-corrected chi connectivity index (χ0v) is 13.7. The minimum Gasteiger partial charge on any atom is -0.480 e. The predicted octanol–water partition coefficient (Wildman–Crippen LogP) is 1.95. The summed E-state index contributed by atoms with van der Waals surface area (Å²) >= 11 is 0. The summed E-state index contributed by atoms with van der Waals surface area (Å²) in [4.78, 5) is 12.9. The van der Waals surface area contributed by atoms with E-state index >= 15 is 0 Å². The van der Waals surface area contributed by atoms with Crippen molar-refractivity contribution in [1.29, 1.82) is 0 Å². The van der Waals surface area contributed by atoms with E-state index in [4.69, 9.17) is 5.11 Å². The molecule has 5 nitrogen and oxygen atoms in total. The van der Waals surface area contributed by atoms with Crippen molar-refractivity contribution in [3.63, 3.8) is 0 Å². The molecule has 1 aliphatic heterocycles. The second-order valence-electron chi connectivity index (χ2n) is 5.01. The summed E-state index contributed by atoms with van der Waals surface area (Å²) in [6, 6.07) is 5.95. The van der Waals surface area contributed by atoms with Crippen molar-refractivity contribution in [2.24, 2.45) is 0 Å². The lowest BCUT2D eigenvalue weighted by Gasteiger charge is -2.13. The number of carboxylic acids is 1. The summed E-state index contributed by atoms with van der Waals surface area (Å²) in [6.45, 7) is 6.15. The zero-order chi connectivity index (χ0) is 16.2. The second kappa shape index (κ2) is 7.04. The molecule has 0 spiro atoms. The summed E-state index contributed by atoms with van der Waals surface area (Å²) < 4.78 is 24.9. The van der Waals surface area contributed by atoms with Crippen molar-refractivity contribution in [1.82, 2.24) is 4.90 Å². The molecule has 0 unspecified atom stereocenters. The van der Waals surface area contributed by atoms with Crippen LogP contribution in [0.2, 0.25) is 0 Å². The molecule has 1 saturated heterocycles. The Kier molecular flexibility index (Phi) is 5.92. The lowest BCUT2D eigenvalue weighted by Crippen LogP contribution is -2.32. The zero-order valence-electron chi connectivity index (χ0n) is 12.9. The summed E-state index contributed by atoms with van der Waals surface area (Å²) in [5.41, 5.74) is 0.992. The average Bonchev–Trinajstić information content (AvgIpc) is 2.84. The minimum atomic E-state index is -3.46. The standard InChI is InChI=1S/C13H17NO4S.C2H6/c1-9-3-5-10(6-4-9)19(17,18)11-7-12(13(15)16)14(2)8-11;1-2/h3-6,11-12H,7-8H2,1-2H3,(H,15,16);1-2H3/t11-,12+;/m1./s1. The summed E-state index contributed by atoms with van der Waals surface area (Å²) in [7, 11) is -1.82. The number of carbonyl (C=O) groups is 1. The van der Waals surface area contributed by atoms with Crippen LogP contribution in [0.1, 0.15) is 25.8 Å². The molecule has 2 atom stereocenters. The quantitative estimate of drug-likeness (QED) is 0.923. The Hall–Kier alpha value is -1.40. The number of benzene rings is 1. The Morgan fingerprint density at radius 2 is 1.76 bits per heavy atom. The third-order valence-electron chi connectivity index (χ3n) is 3.58. The summed E-state index contributed by atoms with van der Waals surface area (Å²) in [5.74, 6) is -0.968. The lowest BCUT2D eigenvalue weighted by atomic mass is 10.2. The van der Waals surface area contributed by atoms with Crippen LogP contribution in [0.25, 0.3) is 0 Å². The predicted molar refractivity (Wildman–Crippen MR) is 82.2 cm³/mol. The van der Waals surface area contributed by atoms with E-state index in [0.29, 0.717) is 0 Å². The van der Waals surface area contributed by atoms with Gasteiger partial charge in [-0.05, 0) is 32.5 Å².